The van der Waals surface area contributed by atoms with Crippen LogP contribution in [0.2, 0.25) is 0 Å². The van der Waals surface area contributed by atoms with Crippen molar-refractivity contribution >= 4 is 29.2 Å². The monoisotopic (exact) mass is 320 g/mol. The second kappa shape index (κ2) is 7.84. The maximum Gasteiger partial charge on any atom is 0.270 e. The van der Waals surface area contributed by atoms with E-state index in [9.17, 15) is 10.1 Å². The number of nitrogens with zero attached hydrogens (tertiary/aromatic N) is 2. The van der Waals surface area contributed by atoms with Crippen molar-refractivity contribution in [1.82, 2.24) is 10.7 Å². The second-order valence-electron chi connectivity index (χ2n) is 5.56. The van der Waals surface area contributed by atoms with Crippen molar-refractivity contribution in [2.24, 2.45) is 11.0 Å². The van der Waals surface area contributed by atoms with E-state index < -0.39 is 4.92 Å². The molecule has 1 aromatic carbocycles. The molecule has 0 heterocycles. The third kappa shape index (κ3) is 4.77. The fourth-order valence-electron chi connectivity index (χ4n) is 2.62. The van der Waals surface area contributed by atoms with E-state index in [0.29, 0.717) is 22.6 Å². The molecule has 1 fully saturated rings. The lowest BCUT2D eigenvalue weighted by molar-refractivity contribution is -0.384. The smallest absolute Gasteiger partial charge is 0.270 e. The standard InChI is InChI=1S/C15H20N4O2S/c1-11-5-2-3-8-14(11)17-15(22)18-16-10-12-6-4-7-13(9-12)19(20)21/h4,6-7,9-11,14H,2-3,5,8H2,1H3,(H2,17,18,22)/b16-10-/t11-,14-/m1/s1. The average molecular weight is 320 g/mol. The maximum atomic E-state index is 10.7. The molecule has 0 spiro atoms. The number of thiocarbonyl (C=S) groups is 1. The summed E-state index contributed by atoms with van der Waals surface area (Å²) >= 11 is 5.23. The summed E-state index contributed by atoms with van der Waals surface area (Å²) in [5, 5.41) is 18.5. The molecule has 0 amide bonds. The van der Waals surface area contributed by atoms with Crippen molar-refractivity contribution in [2.45, 2.75) is 38.6 Å². The summed E-state index contributed by atoms with van der Waals surface area (Å²) in [6.07, 6.45) is 6.37. The number of nitrogens with one attached hydrogen (secondary N) is 2. The summed E-state index contributed by atoms with van der Waals surface area (Å²) in [6.45, 7) is 2.23. The molecule has 6 nitrogen and oxygen atoms in total. The van der Waals surface area contributed by atoms with E-state index in [1.165, 1.54) is 37.6 Å². The molecule has 0 bridgehead atoms. The lowest BCUT2D eigenvalue weighted by Crippen LogP contribution is -2.44. The van der Waals surface area contributed by atoms with Crippen molar-refractivity contribution in [1.29, 1.82) is 0 Å². The molecular weight excluding hydrogens is 300 g/mol. The number of nitro groups is 1. The van der Waals surface area contributed by atoms with Gasteiger partial charge in [-0.05, 0) is 31.0 Å². The first-order valence-electron chi connectivity index (χ1n) is 7.40. The maximum absolute atomic E-state index is 10.7. The molecule has 0 aromatic heterocycles. The van der Waals surface area contributed by atoms with Gasteiger partial charge in [-0.25, -0.2) is 0 Å². The summed E-state index contributed by atoms with van der Waals surface area (Å²) in [5.74, 6) is 0.606. The first-order valence-corrected chi connectivity index (χ1v) is 7.81. The van der Waals surface area contributed by atoms with Crippen LogP contribution in [0.5, 0.6) is 0 Å². The minimum absolute atomic E-state index is 0.0423. The van der Waals surface area contributed by atoms with Crippen LogP contribution >= 0.6 is 12.2 Å². The summed E-state index contributed by atoms with van der Waals surface area (Å²) in [5.41, 5.74) is 3.46. The van der Waals surface area contributed by atoms with Crippen molar-refractivity contribution in [3.05, 3.63) is 39.9 Å². The number of hydrogen-bond donors (Lipinski definition) is 2. The first kappa shape index (κ1) is 16.4. The molecule has 2 rings (SSSR count). The molecule has 1 aliphatic carbocycles. The fraction of sp³-hybridized carbons (Fsp3) is 0.467. The zero-order chi connectivity index (χ0) is 15.9. The zero-order valence-electron chi connectivity index (χ0n) is 12.5. The third-order valence-electron chi connectivity index (χ3n) is 3.89. The molecule has 0 saturated heterocycles. The molecule has 22 heavy (non-hydrogen) atoms. The van der Waals surface area contributed by atoms with Gasteiger partial charge in [0.15, 0.2) is 5.11 Å². The van der Waals surface area contributed by atoms with Crippen LogP contribution in [0.15, 0.2) is 29.4 Å². The Morgan fingerprint density at radius 3 is 2.95 bits per heavy atom. The van der Waals surface area contributed by atoms with Crippen LogP contribution in [-0.4, -0.2) is 22.3 Å². The van der Waals surface area contributed by atoms with Crippen molar-refractivity contribution in [3.63, 3.8) is 0 Å². The van der Waals surface area contributed by atoms with Crippen LogP contribution < -0.4 is 10.7 Å². The fourth-order valence-corrected chi connectivity index (χ4v) is 2.82. The number of nitro benzene ring substituents is 1. The molecule has 7 heteroatoms. The highest BCUT2D eigenvalue weighted by Crippen LogP contribution is 2.23. The average Bonchev–Trinajstić information content (AvgIpc) is 2.50. The Balaban J connectivity index is 1.85. The van der Waals surface area contributed by atoms with Crippen molar-refractivity contribution in [3.8, 4) is 0 Å². The lowest BCUT2D eigenvalue weighted by atomic mass is 9.86. The molecule has 0 radical (unpaired) electrons. The number of hydrazone groups is 1. The topological polar surface area (TPSA) is 79.6 Å². The molecule has 0 aliphatic heterocycles. The number of non-ortho nitro benzene ring substituents is 1. The summed E-state index contributed by atoms with van der Waals surface area (Å²) < 4.78 is 0. The van der Waals surface area contributed by atoms with E-state index in [0.717, 1.165) is 6.42 Å². The van der Waals surface area contributed by atoms with Gasteiger partial charge in [-0.1, -0.05) is 31.9 Å². The molecule has 2 atom stereocenters. The van der Waals surface area contributed by atoms with E-state index in [1.54, 1.807) is 12.1 Å². The largest absolute Gasteiger partial charge is 0.358 e. The Labute approximate surface area is 135 Å². The van der Waals surface area contributed by atoms with E-state index in [2.05, 4.69) is 22.8 Å². The zero-order valence-corrected chi connectivity index (χ0v) is 13.3. The van der Waals surface area contributed by atoms with Gasteiger partial charge in [0.05, 0.1) is 11.1 Å². The highest BCUT2D eigenvalue weighted by atomic mass is 32.1. The van der Waals surface area contributed by atoms with E-state index in [1.807, 2.05) is 0 Å². The van der Waals surface area contributed by atoms with E-state index in [4.69, 9.17) is 12.2 Å². The normalized spacial score (nSPS) is 21.5. The number of rotatable bonds is 4. The van der Waals surface area contributed by atoms with Gasteiger partial charge in [0.1, 0.15) is 0 Å². The number of benzene rings is 1. The molecular formula is C15H20N4O2S. The minimum atomic E-state index is -0.429. The highest BCUT2D eigenvalue weighted by molar-refractivity contribution is 7.80. The summed E-state index contributed by atoms with van der Waals surface area (Å²) in [4.78, 5) is 10.3. The van der Waals surface area contributed by atoms with Crippen LogP contribution in [0.1, 0.15) is 38.2 Å². The van der Waals surface area contributed by atoms with Gasteiger partial charge in [0, 0.05) is 23.7 Å². The molecule has 2 N–H and O–H groups in total. The van der Waals surface area contributed by atoms with Crippen LogP contribution in [-0.2, 0) is 0 Å². The SMILES string of the molecule is C[C@@H]1CCCC[C@H]1NC(=S)N/N=C\c1cccc([N+](=O)[O-])c1. The summed E-state index contributed by atoms with van der Waals surface area (Å²) in [7, 11) is 0. The highest BCUT2D eigenvalue weighted by Gasteiger charge is 2.21. The van der Waals surface area contributed by atoms with Gasteiger partial charge in [-0.2, -0.15) is 5.10 Å². The lowest BCUT2D eigenvalue weighted by Gasteiger charge is -2.30. The quantitative estimate of drug-likeness (QED) is 0.386. The molecule has 118 valence electrons. The Morgan fingerprint density at radius 2 is 2.23 bits per heavy atom. The Kier molecular flexibility index (Phi) is 5.83. The van der Waals surface area contributed by atoms with Crippen molar-refractivity contribution in [2.75, 3.05) is 0 Å². The van der Waals surface area contributed by atoms with Crippen LogP contribution in [0.3, 0.4) is 0 Å². The molecule has 1 aliphatic rings. The predicted molar refractivity (Wildman–Crippen MR) is 91.0 cm³/mol. The Morgan fingerprint density at radius 1 is 1.45 bits per heavy atom. The van der Waals surface area contributed by atoms with Crippen LogP contribution in [0.4, 0.5) is 5.69 Å². The van der Waals surface area contributed by atoms with E-state index in [-0.39, 0.29) is 5.69 Å². The molecule has 1 saturated carbocycles. The third-order valence-corrected chi connectivity index (χ3v) is 4.10. The Hall–Kier alpha value is -2.02. The number of hydrogen-bond acceptors (Lipinski definition) is 4. The summed E-state index contributed by atoms with van der Waals surface area (Å²) in [6, 6.07) is 6.67. The minimum Gasteiger partial charge on any atom is -0.358 e. The van der Waals surface area contributed by atoms with Gasteiger partial charge in [-0.3, -0.25) is 15.5 Å². The second-order valence-corrected chi connectivity index (χ2v) is 5.97. The van der Waals surface area contributed by atoms with Crippen LogP contribution in [0.25, 0.3) is 0 Å². The van der Waals surface area contributed by atoms with Gasteiger partial charge >= 0.3 is 0 Å². The molecule has 0 unspecified atom stereocenters. The first-order chi connectivity index (χ1) is 10.6. The van der Waals surface area contributed by atoms with Gasteiger partial charge in [0.2, 0.25) is 0 Å². The van der Waals surface area contributed by atoms with Crippen molar-refractivity contribution < 1.29 is 4.92 Å². The van der Waals surface area contributed by atoms with Gasteiger partial charge in [-0.15, -0.1) is 0 Å². The van der Waals surface area contributed by atoms with Crippen LogP contribution in [0, 0.1) is 16.0 Å². The van der Waals surface area contributed by atoms with Gasteiger partial charge in [0.25, 0.3) is 5.69 Å². The van der Waals surface area contributed by atoms with Gasteiger partial charge < -0.3 is 5.32 Å². The molecule has 1 aromatic rings. The predicted octanol–water partition coefficient (Wildman–Crippen LogP) is 2.97. The Bertz CT molecular complexity index is 576. The van der Waals surface area contributed by atoms with E-state index >= 15 is 0 Å².